The zero-order valence-corrected chi connectivity index (χ0v) is 16.1. The van der Waals surface area contributed by atoms with Gasteiger partial charge >= 0.3 is 5.97 Å². The zero-order valence-electron chi connectivity index (χ0n) is 13.8. The molecule has 0 saturated carbocycles. The fraction of sp³-hybridized carbons (Fsp3) is 0.188. The summed E-state index contributed by atoms with van der Waals surface area (Å²) in [6.07, 6.45) is 0. The average Bonchev–Trinajstić information content (AvgIpc) is 3.23. The molecule has 2 N–H and O–H groups in total. The summed E-state index contributed by atoms with van der Waals surface area (Å²) < 4.78 is 11.5. The van der Waals surface area contributed by atoms with Crippen LogP contribution in [0.5, 0.6) is 0 Å². The first-order valence-corrected chi connectivity index (χ1v) is 9.05. The highest BCUT2D eigenvalue weighted by atomic mass is 35.5. The molecule has 0 spiro atoms. The summed E-state index contributed by atoms with van der Waals surface area (Å²) in [5.74, 6) is 6.72. The lowest BCUT2D eigenvalue weighted by atomic mass is 10.2. The van der Waals surface area contributed by atoms with Crippen molar-refractivity contribution in [3.63, 3.8) is 0 Å². The molecule has 2 heterocycles. The fourth-order valence-electron chi connectivity index (χ4n) is 2.21. The smallest absolute Gasteiger partial charge is 0.373 e. The predicted octanol–water partition coefficient (Wildman–Crippen LogP) is 4.20. The number of methoxy groups -OCH3 is 1. The first-order valence-electron chi connectivity index (χ1n) is 7.41. The maximum Gasteiger partial charge on any atom is 0.373 e. The van der Waals surface area contributed by atoms with Gasteiger partial charge < -0.3 is 15.0 Å². The summed E-state index contributed by atoms with van der Waals surface area (Å²) in [6, 6.07) is 8.30. The first kappa shape index (κ1) is 18.6. The van der Waals surface area contributed by atoms with Crippen molar-refractivity contribution in [3.8, 4) is 11.4 Å². The molecule has 3 aromatic rings. The van der Waals surface area contributed by atoms with Crippen molar-refractivity contribution in [3.05, 3.63) is 51.9 Å². The molecule has 0 bridgehead atoms. The predicted molar refractivity (Wildman–Crippen MR) is 99.9 cm³/mol. The number of ether oxygens (including phenoxy) is 1. The SMILES string of the molecule is COC(=O)c1ccc(C(C)Sc2nnc(-c3ccc(Cl)cc3Cl)n2N)o1. The Hall–Kier alpha value is -2.16. The van der Waals surface area contributed by atoms with Crippen LogP contribution in [-0.2, 0) is 4.74 Å². The minimum atomic E-state index is -0.532. The third-order valence-electron chi connectivity index (χ3n) is 3.53. The van der Waals surface area contributed by atoms with E-state index in [2.05, 4.69) is 14.9 Å². The minimum Gasteiger partial charge on any atom is -0.463 e. The Morgan fingerprint density at radius 2 is 2.08 bits per heavy atom. The van der Waals surface area contributed by atoms with Gasteiger partial charge in [-0.15, -0.1) is 10.2 Å². The van der Waals surface area contributed by atoms with Gasteiger partial charge in [0.2, 0.25) is 10.9 Å². The lowest BCUT2D eigenvalue weighted by Crippen LogP contribution is -2.12. The highest BCUT2D eigenvalue weighted by Gasteiger charge is 2.21. The molecule has 1 aromatic carbocycles. The van der Waals surface area contributed by atoms with Crippen LogP contribution in [0.3, 0.4) is 0 Å². The molecule has 136 valence electrons. The lowest BCUT2D eigenvalue weighted by molar-refractivity contribution is 0.0563. The van der Waals surface area contributed by atoms with Crippen molar-refractivity contribution in [2.75, 3.05) is 13.0 Å². The van der Waals surface area contributed by atoms with Crippen LogP contribution in [0.25, 0.3) is 11.4 Å². The summed E-state index contributed by atoms with van der Waals surface area (Å²) in [4.78, 5) is 11.5. The van der Waals surface area contributed by atoms with E-state index < -0.39 is 5.97 Å². The average molecular weight is 413 g/mol. The second-order valence-electron chi connectivity index (χ2n) is 5.25. The van der Waals surface area contributed by atoms with Crippen LogP contribution in [0.1, 0.15) is 28.5 Å². The van der Waals surface area contributed by atoms with E-state index in [9.17, 15) is 4.79 Å². The van der Waals surface area contributed by atoms with Gasteiger partial charge in [0.1, 0.15) is 5.76 Å². The molecule has 1 atom stereocenters. The molecule has 0 amide bonds. The van der Waals surface area contributed by atoms with Crippen molar-refractivity contribution in [2.24, 2.45) is 0 Å². The monoisotopic (exact) mass is 412 g/mol. The molecule has 0 fully saturated rings. The number of rotatable bonds is 5. The van der Waals surface area contributed by atoms with Gasteiger partial charge in [-0.1, -0.05) is 35.0 Å². The van der Waals surface area contributed by atoms with Crippen molar-refractivity contribution in [2.45, 2.75) is 17.3 Å². The fourth-order valence-corrected chi connectivity index (χ4v) is 3.55. The Kier molecular flexibility index (Phi) is 5.45. The molecule has 3 rings (SSSR count). The maximum absolute atomic E-state index is 11.5. The minimum absolute atomic E-state index is 0.137. The second kappa shape index (κ2) is 7.61. The maximum atomic E-state index is 11.5. The summed E-state index contributed by atoms with van der Waals surface area (Å²) >= 11 is 13.5. The number of thioether (sulfide) groups is 1. The van der Waals surface area contributed by atoms with Crippen LogP contribution in [0.4, 0.5) is 0 Å². The van der Waals surface area contributed by atoms with Gasteiger partial charge in [-0.05, 0) is 37.3 Å². The zero-order chi connectivity index (χ0) is 18.8. The largest absolute Gasteiger partial charge is 0.463 e. The van der Waals surface area contributed by atoms with E-state index in [4.69, 9.17) is 33.5 Å². The number of benzene rings is 1. The third-order valence-corrected chi connectivity index (χ3v) is 5.16. The number of nitrogens with two attached hydrogens (primary N) is 1. The number of aromatic nitrogens is 3. The Morgan fingerprint density at radius 1 is 1.31 bits per heavy atom. The lowest BCUT2D eigenvalue weighted by Gasteiger charge is -2.09. The van der Waals surface area contributed by atoms with Crippen molar-refractivity contribution in [1.29, 1.82) is 0 Å². The van der Waals surface area contributed by atoms with Crippen LogP contribution in [-0.4, -0.2) is 28.0 Å². The normalized spacial score (nSPS) is 12.2. The van der Waals surface area contributed by atoms with Crippen molar-refractivity contribution >= 4 is 40.9 Å². The quantitative estimate of drug-likeness (QED) is 0.380. The Morgan fingerprint density at radius 3 is 2.77 bits per heavy atom. The molecular formula is C16H14Cl2N4O3S. The van der Waals surface area contributed by atoms with Crippen LogP contribution in [0.15, 0.2) is 39.9 Å². The van der Waals surface area contributed by atoms with Gasteiger partial charge in [0.25, 0.3) is 0 Å². The van der Waals surface area contributed by atoms with E-state index in [1.54, 1.807) is 30.3 Å². The van der Waals surface area contributed by atoms with Gasteiger partial charge in [-0.2, -0.15) is 0 Å². The van der Waals surface area contributed by atoms with E-state index >= 15 is 0 Å². The number of carbonyl (C=O) groups excluding carboxylic acids is 1. The highest BCUT2D eigenvalue weighted by molar-refractivity contribution is 7.99. The van der Waals surface area contributed by atoms with Gasteiger partial charge in [-0.25, -0.2) is 9.47 Å². The van der Waals surface area contributed by atoms with Crippen LogP contribution in [0, 0.1) is 0 Å². The number of nitrogens with zero attached hydrogens (tertiary/aromatic N) is 3. The molecule has 2 aromatic heterocycles. The van der Waals surface area contributed by atoms with Gasteiger partial charge in [0, 0.05) is 10.6 Å². The number of furan rings is 1. The Bertz CT molecular complexity index is 957. The van der Waals surface area contributed by atoms with E-state index in [-0.39, 0.29) is 11.0 Å². The first-order chi connectivity index (χ1) is 12.4. The van der Waals surface area contributed by atoms with Gasteiger partial charge in [0.05, 0.1) is 17.4 Å². The summed E-state index contributed by atoms with van der Waals surface area (Å²) in [6.45, 7) is 1.90. The van der Waals surface area contributed by atoms with E-state index in [1.165, 1.54) is 23.5 Å². The molecular weight excluding hydrogens is 399 g/mol. The van der Waals surface area contributed by atoms with E-state index in [0.717, 1.165) is 0 Å². The number of hydrogen-bond acceptors (Lipinski definition) is 7. The van der Waals surface area contributed by atoms with E-state index in [0.29, 0.717) is 32.3 Å². The molecule has 26 heavy (non-hydrogen) atoms. The molecule has 10 heteroatoms. The molecule has 0 radical (unpaired) electrons. The van der Waals surface area contributed by atoms with Gasteiger partial charge in [0.15, 0.2) is 5.82 Å². The second-order valence-corrected chi connectivity index (χ2v) is 7.41. The number of esters is 1. The van der Waals surface area contributed by atoms with E-state index in [1.807, 2.05) is 6.92 Å². The Labute approximate surface area is 163 Å². The topological polar surface area (TPSA) is 96.2 Å². The van der Waals surface area contributed by atoms with Crippen LogP contribution >= 0.6 is 35.0 Å². The molecule has 7 nitrogen and oxygen atoms in total. The van der Waals surface area contributed by atoms with Crippen molar-refractivity contribution < 1.29 is 13.9 Å². The number of nitrogen functional groups attached to an aromatic ring is 1. The summed E-state index contributed by atoms with van der Waals surface area (Å²) in [5, 5.41) is 9.46. The summed E-state index contributed by atoms with van der Waals surface area (Å²) in [7, 11) is 1.29. The Balaban J connectivity index is 1.82. The number of halogens is 2. The summed E-state index contributed by atoms with van der Waals surface area (Å²) in [5.41, 5.74) is 0.622. The molecule has 0 aliphatic rings. The number of hydrogen-bond donors (Lipinski definition) is 1. The van der Waals surface area contributed by atoms with Gasteiger partial charge in [-0.3, -0.25) is 0 Å². The standard InChI is InChI=1S/C16H14Cl2N4O3S/c1-8(12-5-6-13(25-12)15(23)24-2)26-16-21-20-14(22(16)19)10-4-3-9(17)7-11(10)18/h3-8H,19H2,1-2H3. The molecule has 1 unspecified atom stereocenters. The number of carbonyl (C=O) groups is 1. The highest BCUT2D eigenvalue weighted by Crippen LogP contribution is 2.36. The van der Waals surface area contributed by atoms with Crippen LogP contribution < -0.4 is 5.84 Å². The third kappa shape index (κ3) is 3.67. The molecule has 0 aliphatic heterocycles. The van der Waals surface area contributed by atoms with Crippen molar-refractivity contribution in [1.82, 2.24) is 14.9 Å². The molecule has 0 aliphatic carbocycles. The van der Waals surface area contributed by atoms with Crippen LogP contribution in [0.2, 0.25) is 10.0 Å². The molecule has 0 saturated heterocycles.